The molecular weight excluding hydrogens is 426 g/mol. The number of hydrogen-bond donors (Lipinski definition) is 0. The lowest BCUT2D eigenvalue weighted by molar-refractivity contribution is 0.0766. The van der Waals surface area contributed by atoms with Gasteiger partial charge in [-0.1, -0.05) is 51.8 Å². The van der Waals surface area contributed by atoms with Gasteiger partial charge < -0.3 is 4.90 Å². The number of carbonyl (C=O) groups excluding carboxylic acids is 1. The van der Waals surface area contributed by atoms with E-state index in [1.807, 2.05) is 6.07 Å². The van der Waals surface area contributed by atoms with Crippen LogP contribution in [0.3, 0.4) is 0 Å². The number of nitrogens with zero attached hydrogens (tertiary/aromatic N) is 1. The fraction of sp³-hybridized carbons (Fsp3) is 0.278. The molecule has 7 heteroatoms. The molecule has 1 heterocycles. The highest BCUT2D eigenvalue weighted by Gasteiger charge is 2.33. The Morgan fingerprint density at radius 3 is 2.60 bits per heavy atom. The van der Waals surface area contributed by atoms with Gasteiger partial charge in [-0.3, -0.25) is 4.79 Å². The minimum atomic E-state index is -3.38. The molecule has 1 saturated heterocycles. The van der Waals surface area contributed by atoms with E-state index in [2.05, 4.69) is 15.9 Å². The zero-order chi connectivity index (χ0) is 18.0. The van der Waals surface area contributed by atoms with Crippen LogP contribution in [0.5, 0.6) is 0 Å². The second-order valence-electron chi connectivity index (χ2n) is 5.97. The van der Waals surface area contributed by atoms with Crippen LogP contribution < -0.4 is 0 Å². The fourth-order valence-corrected chi connectivity index (χ4v) is 5.58. The van der Waals surface area contributed by atoms with Gasteiger partial charge in [-0.15, -0.1) is 0 Å². The van der Waals surface area contributed by atoms with Crippen LogP contribution in [0.25, 0.3) is 0 Å². The molecular formula is C18H17BrClNO3S. The molecule has 1 amide bonds. The van der Waals surface area contributed by atoms with Crippen molar-refractivity contribution in [1.29, 1.82) is 0 Å². The van der Waals surface area contributed by atoms with E-state index in [4.69, 9.17) is 11.6 Å². The first-order valence-corrected chi connectivity index (χ1v) is 10.8. The number of rotatable bonds is 2. The van der Waals surface area contributed by atoms with E-state index in [1.165, 1.54) is 0 Å². The highest BCUT2D eigenvalue weighted by molar-refractivity contribution is 9.10. The van der Waals surface area contributed by atoms with Crippen LogP contribution in [0.15, 0.2) is 53.0 Å². The molecule has 1 aliphatic heterocycles. The van der Waals surface area contributed by atoms with E-state index in [1.54, 1.807) is 47.4 Å². The molecule has 0 spiro atoms. The van der Waals surface area contributed by atoms with Crippen molar-refractivity contribution >= 4 is 43.3 Å². The van der Waals surface area contributed by atoms with Crippen LogP contribution in [0, 0.1) is 0 Å². The zero-order valence-electron chi connectivity index (χ0n) is 13.4. The highest BCUT2D eigenvalue weighted by Crippen LogP contribution is 2.34. The van der Waals surface area contributed by atoms with Crippen molar-refractivity contribution in [3.8, 4) is 0 Å². The lowest BCUT2D eigenvalue weighted by Gasteiger charge is -2.20. The second kappa shape index (κ2) is 7.48. The molecule has 0 N–H and O–H groups in total. The topological polar surface area (TPSA) is 54.5 Å². The molecule has 4 nitrogen and oxygen atoms in total. The summed E-state index contributed by atoms with van der Waals surface area (Å²) >= 11 is 9.55. The molecule has 0 radical (unpaired) electrons. The van der Waals surface area contributed by atoms with E-state index >= 15 is 0 Å². The van der Waals surface area contributed by atoms with Gasteiger partial charge in [-0.05, 0) is 36.2 Å². The average Bonchev–Trinajstić information content (AvgIpc) is 2.73. The van der Waals surface area contributed by atoms with Gasteiger partial charge in [0, 0.05) is 28.1 Å². The number of hydrogen-bond acceptors (Lipinski definition) is 3. The van der Waals surface area contributed by atoms with Crippen molar-refractivity contribution < 1.29 is 13.2 Å². The predicted molar refractivity (Wildman–Crippen MR) is 103 cm³/mol. The minimum absolute atomic E-state index is 0.0668. The summed E-state index contributed by atoms with van der Waals surface area (Å²) in [5, 5.41) is -0.232. The van der Waals surface area contributed by atoms with Gasteiger partial charge in [0.05, 0.1) is 11.0 Å². The molecule has 132 valence electrons. The van der Waals surface area contributed by atoms with Gasteiger partial charge in [-0.2, -0.15) is 0 Å². The molecule has 1 atom stereocenters. The molecule has 0 aliphatic carbocycles. The SMILES string of the molecule is O=C(c1cccc(Br)c1)N1CC[C@@H](c2ccccc2Cl)S(=O)(=O)CC1. The van der Waals surface area contributed by atoms with Gasteiger partial charge in [0.15, 0.2) is 9.84 Å². The maximum atomic E-state index is 12.7. The number of benzene rings is 2. The maximum absolute atomic E-state index is 12.7. The van der Waals surface area contributed by atoms with Crippen molar-refractivity contribution in [2.45, 2.75) is 11.7 Å². The first kappa shape index (κ1) is 18.4. The first-order chi connectivity index (χ1) is 11.9. The third-order valence-corrected chi connectivity index (χ3v) is 7.30. The Balaban J connectivity index is 1.85. The number of carbonyl (C=O) groups is 1. The summed E-state index contributed by atoms with van der Waals surface area (Å²) in [6.45, 7) is 0.565. The Hall–Kier alpha value is -1.37. The summed E-state index contributed by atoms with van der Waals surface area (Å²) < 4.78 is 26.2. The van der Waals surface area contributed by atoms with Gasteiger partial charge in [0.2, 0.25) is 0 Å². The van der Waals surface area contributed by atoms with Gasteiger partial charge in [0.25, 0.3) is 5.91 Å². The molecule has 0 bridgehead atoms. The lowest BCUT2D eigenvalue weighted by atomic mass is 10.1. The third kappa shape index (κ3) is 4.07. The van der Waals surface area contributed by atoms with E-state index < -0.39 is 15.1 Å². The molecule has 0 unspecified atom stereocenters. The molecule has 0 saturated carbocycles. The van der Waals surface area contributed by atoms with Crippen molar-refractivity contribution in [3.63, 3.8) is 0 Å². The average molecular weight is 443 g/mol. The summed E-state index contributed by atoms with van der Waals surface area (Å²) in [6.07, 6.45) is 0.339. The van der Waals surface area contributed by atoms with E-state index in [-0.39, 0.29) is 18.2 Å². The minimum Gasteiger partial charge on any atom is -0.338 e. The van der Waals surface area contributed by atoms with Crippen molar-refractivity contribution in [3.05, 3.63) is 69.2 Å². The molecule has 1 fully saturated rings. The molecule has 1 aliphatic rings. The second-order valence-corrected chi connectivity index (χ2v) is 9.59. The summed E-state index contributed by atoms with van der Waals surface area (Å²) in [4.78, 5) is 14.3. The number of sulfone groups is 1. The van der Waals surface area contributed by atoms with Crippen LogP contribution in [0.2, 0.25) is 5.02 Å². The smallest absolute Gasteiger partial charge is 0.253 e. The van der Waals surface area contributed by atoms with Crippen LogP contribution in [-0.2, 0) is 9.84 Å². The molecule has 25 heavy (non-hydrogen) atoms. The summed E-state index contributed by atoms with van der Waals surface area (Å²) in [5.41, 5.74) is 1.16. The summed E-state index contributed by atoms with van der Waals surface area (Å²) in [6, 6.07) is 14.1. The maximum Gasteiger partial charge on any atom is 0.253 e. The van der Waals surface area contributed by atoms with Gasteiger partial charge >= 0.3 is 0 Å². The molecule has 3 rings (SSSR count). The first-order valence-electron chi connectivity index (χ1n) is 7.89. The Morgan fingerprint density at radius 2 is 1.88 bits per heavy atom. The molecule has 0 aromatic heterocycles. The Bertz CT molecular complexity index is 901. The van der Waals surface area contributed by atoms with Crippen LogP contribution >= 0.6 is 27.5 Å². The van der Waals surface area contributed by atoms with Crippen LogP contribution in [0.1, 0.15) is 27.6 Å². The summed E-state index contributed by atoms with van der Waals surface area (Å²) in [5.74, 6) is -0.223. The normalized spacial score (nSPS) is 20.1. The van der Waals surface area contributed by atoms with Crippen molar-refractivity contribution in [1.82, 2.24) is 4.90 Å². The number of halogens is 2. The predicted octanol–water partition coefficient (Wildman–Crippen LogP) is 4.10. The van der Waals surface area contributed by atoms with E-state index in [9.17, 15) is 13.2 Å². The molecule has 2 aromatic carbocycles. The van der Waals surface area contributed by atoms with Gasteiger partial charge in [0.1, 0.15) is 0 Å². The van der Waals surface area contributed by atoms with E-state index in [0.29, 0.717) is 29.1 Å². The lowest BCUT2D eigenvalue weighted by Crippen LogP contribution is -2.33. The Kier molecular flexibility index (Phi) is 5.51. The Morgan fingerprint density at radius 1 is 1.12 bits per heavy atom. The quantitative estimate of drug-likeness (QED) is 0.703. The standard InChI is InChI=1S/C18H17BrClNO3S/c19-14-5-3-4-13(12-14)18(22)21-9-8-17(25(23,24)11-10-21)15-6-1-2-7-16(15)20/h1-7,12,17H,8-11H2/t17-/m0/s1. The summed E-state index contributed by atoms with van der Waals surface area (Å²) in [7, 11) is -3.38. The van der Waals surface area contributed by atoms with Crippen LogP contribution in [-0.4, -0.2) is 38.1 Å². The fourth-order valence-electron chi connectivity index (χ4n) is 3.04. The van der Waals surface area contributed by atoms with Crippen molar-refractivity contribution in [2.24, 2.45) is 0 Å². The zero-order valence-corrected chi connectivity index (χ0v) is 16.5. The van der Waals surface area contributed by atoms with E-state index in [0.717, 1.165) is 4.47 Å². The number of amides is 1. The monoisotopic (exact) mass is 441 g/mol. The molecule has 2 aromatic rings. The third-order valence-electron chi connectivity index (χ3n) is 4.35. The van der Waals surface area contributed by atoms with Crippen molar-refractivity contribution in [2.75, 3.05) is 18.8 Å². The largest absolute Gasteiger partial charge is 0.338 e. The highest BCUT2D eigenvalue weighted by atomic mass is 79.9. The van der Waals surface area contributed by atoms with Gasteiger partial charge in [-0.25, -0.2) is 8.42 Å². The van der Waals surface area contributed by atoms with Crippen LogP contribution in [0.4, 0.5) is 0 Å². The Labute approximate surface area is 160 Å².